The Labute approximate surface area is 185 Å². The van der Waals surface area contributed by atoms with E-state index in [1.807, 2.05) is 6.08 Å². The van der Waals surface area contributed by atoms with Crippen molar-refractivity contribution in [2.75, 3.05) is 0 Å². The molecule has 2 aromatic carbocycles. The molecule has 30 heavy (non-hydrogen) atoms. The van der Waals surface area contributed by atoms with Crippen LogP contribution in [0.5, 0.6) is 0 Å². The van der Waals surface area contributed by atoms with E-state index in [-0.39, 0.29) is 0 Å². The Hall–Kier alpha value is -2.02. The fourth-order valence-corrected chi connectivity index (χ4v) is 4.80. The van der Waals surface area contributed by atoms with Crippen LogP contribution in [0.2, 0.25) is 12.6 Å². The molecule has 0 spiro atoms. The molecule has 0 nitrogen and oxygen atoms in total. The lowest BCUT2D eigenvalue weighted by Crippen LogP contribution is -2.37. The van der Waals surface area contributed by atoms with Crippen molar-refractivity contribution in [1.82, 2.24) is 0 Å². The Morgan fingerprint density at radius 3 is 2.20 bits per heavy atom. The van der Waals surface area contributed by atoms with E-state index >= 15 is 0 Å². The molecular weight excluding hydrogens is 359 g/mol. The summed E-state index contributed by atoms with van der Waals surface area (Å²) < 4.78 is 0. The molecule has 0 aromatic heterocycles. The molecule has 0 saturated carbocycles. The molecule has 158 valence electrons. The molecule has 1 heteroatoms. The van der Waals surface area contributed by atoms with Crippen molar-refractivity contribution in [3.63, 3.8) is 0 Å². The molecule has 1 unspecified atom stereocenters. The topological polar surface area (TPSA) is 0 Å². The third-order valence-corrected chi connectivity index (χ3v) is 8.11. The van der Waals surface area contributed by atoms with E-state index in [0.717, 1.165) is 18.8 Å². The average molecular weight is 398 g/mol. The molecule has 1 fully saturated rings. The third kappa shape index (κ3) is 5.00. The number of aryl methyl sites for hydroxylation is 1. The van der Waals surface area contributed by atoms with Crippen LogP contribution in [-0.2, 0) is 6.42 Å². The van der Waals surface area contributed by atoms with Gasteiger partial charge >= 0.3 is 0 Å². The van der Waals surface area contributed by atoms with Gasteiger partial charge < -0.3 is 0 Å². The molecule has 1 saturated heterocycles. The average Bonchev–Trinajstić information content (AvgIpc) is 3.23. The normalized spacial score (nSPS) is 17.2. The Bertz CT molecular complexity index is 862. The first-order valence-electron chi connectivity index (χ1n) is 11.6. The lowest BCUT2D eigenvalue weighted by molar-refractivity contribution is 0.0660. The Morgan fingerprint density at radius 1 is 1.00 bits per heavy atom. The molecule has 1 heterocycles. The van der Waals surface area contributed by atoms with Gasteiger partial charge in [-0.05, 0) is 51.9 Å². The Kier molecular flexibility index (Phi) is 6.80. The van der Waals surface area contributed by atoms with Gasteiger partial charge in [0.1, 0.15) is 0 Å². The van der Waals surface area contributed by atoms with Crippen molar-refractivity contribution < 1.29 is 0 Å². The molecule has 2 aromatic rings. The van der Waals surface area contributed by atoms with Crippen molar-refractivity contribution in [3.8, 4) is 0 Å². The van der Waals surface area contributed by atoms with Gasteiger partial charge in [-0.15, -0.1) is 0 Å². The highest BCUT2D eigenvalue weighted by Gasteiger charge is 2.44. The molecule has 0 amide bonds. The predicted molar refractivity (Wildman–Crippen MR) is 137 cm³/mol. The summed E-state index contributed by atoms with van der Waals surface area (Å²) in [6.45, 7) is 21.0. The summed E-state index contributed by atoms with van der Waals surface area (Å²) in [7, 11) is 0. The van der Waals surface area contributed by atoms with Crippen molar-refractivity contribution in [1.29, 1.82) is 0 Å². The summed E-state index contributed by atoms with van der Waals surface area (Å²) in [4.78, 5) is 0. The molecule has 0 N–H and O–H groups in total. The van der Waals surface area contributed by atoms with Crippen LogP contribution in [0.1, 0.15) is 64.2 Å². The summed E-state index contributed by atoms with van der Waals surface area (Å²) in [6, 6.07) is 18.0. The van der Waals surface area contributed by atoms with Gasteiger partial charge in [-0.1, -0.05) is 127 Å². The second-order valence-corrected chi connectivity index (χ2v) is 10.8. The van der Waals surface area contributed by atoms with Gasteiger partial charge in [0.25, 0.3) is 0 Å². The van der Waals surface area contributed by atoms with Crippen LogP contribution in [-0.4, -0.2) is 6.71 Å². The van der Waals surface area contributed by atoms with Crippen LogP contribution in [0.3, 0.4) is 0 Å². The van der Waals surface area contributed by atoms with Gasteiger partial charge in [-0.3, -0.25) is 0 Å². The lowest BCUT2D eigenvalue weighted by Gasteiger charge is -2.44. The molecule has 1 aliphatic heterocycles. The minimum atomic E-state index is 0.347. The van der Waals surface area contributed by atoms with Gasteiger partial charge in [0.15, 0.2) is 6.71 Å². The molecule has 1 atom stereocenters. The first-order valence-corrected chi connectivity index (χ1v) is 11.6. The van der Waals surface area contributed by atoms with Crippen molar-refractivity contribution in [2.24, 2.45) is 16.7 Å². The number of hydrogen-bond donors (Lipinski definition) is 0. The van der Waals surface area contributed by atoms with Gasteiger partial charge in [-0.25, -0.2) is 0 Å². The molecule has 1 aliphatic rings. The monoisotopic (exact) mass is 398 g/mol. The van der Waals surface area contributed by atoms with Crippen molar-refractivity contribution >= 4 is 23.8 Å². The minimum absolute atomic E-state index is 0.347. The zero-order valence-corrected chi connectivity index (χ0v) is 19.8. The minimum Gasteiger partial charge on any atom is -0.0985 e. The molecular formula is C29H39B. The van der Waals surface area contributed by atoms with E-state index in [1.54, 1.807) is 0 Å². The van der Waals surface area contributed by atoms with Gasteiger partial charge in [0.2, 0.25) is 0 Å². The van der Waals surface area contributed by atoms with E-state index < -0.39 is 0 Å². The lowest BCUT2D eigenvalue weighted by atomic mass is 9.42. The number of allylic oxidation sites excluding steroid dienone is 1. The van der Waals surface area contributed by atoms with E-state index in [0.29, 0.717) is 17.5 Å². The van der Waals surface area contributed by atoms with Crippen molar-refractivity contribution in [3.05, 3.63) is 78.4 Å². The summed E-state index contributed by atoms with van der Waals surface area (Å²) in [5.41, 5.74) is 7.28. The second-order valence-electron chi connectivity index (χ2n) is 10.8. The summed E-state index contributed by atoms with van der Waals surface area (Å²) in [5, 5.41) is 0. The second kappa shape index (κ2) is 9.00. The maximum atomic E-state index is 4.36. The zero-order chi connectivity index (χ0) is 21.9. The maximum absolute atomic E-state index is 4.36. The van der Waals surface area contributed by atoms with Gasteiger partial charge in [0, 0.05) is 0 Å². The first kappa shape index (κ1) is 22.7. The fraction of sp³-hybridized carbons (Fsp3) is 0.448. The van der Waals surface area contributed by atoms with E-state index in [9.17, 15) is 0 Å². The van der Waals surface area contributed by atoms with Crippen LogP contribution in [0.4, 0.5) is 0 Å². The highest BCUT2D eigenvalue weighted by atomic mass is 14.4. The zero-order valence-electron chi connectivity index (χ0n) is 19.8. The van der Waals surface area contributed by atoms with Crippen LogP contribution in [0.15, 0.2) is 61.7 Å². The highest BCUT2D eigenvalue weighted by molar-refractivity contribution is 6.73. The number of rotatable bonds is 7. The van der Waals surface area contributed by atoms with E-state index in [4.69, 9.17) is 0 Å². The molecule has 3 rings (SSSR count). The fourth-order valence-electron chi connectivity index (χ4n) is 4.80. The molecule has 0 radical (unpaired) electrons. The van der Waals surface area contributed by atoms with E-state index in [1.165, 1.54) is 46.8 Å². The van der Waals surface area contributed by atoms with Crippen LogP contribution < -0.4 is 5.46 Å². The predicted octanol–water partition coefficient (Wildman–Crippen LogP) is 7.77. The highest BCUT2D eigenvalue weighted by Crippen LogP contribution is 2.50. The summed E-state index contributed by atoms with van der Waals surface area (Å²) >= 11 is 0. The van der Waals surface area contributed by atoms with Crippen molar-refractivity contribution in [2.45, 2.75) is 66.5 Å². The SMILES string of the molecule is C=Cc1ccc(CCC(=C)c2ccc(B3CCC(C(C)(C)C(C)(C)C)C3)cc2)cc1. The van der Waals surface area contributed by atoms with Crippen LogP contribution >= 0.6 is 0 Å². The van der Waals surface area contributed by atoms with Crippen LogP contribution in [0.25, 0.3) is 11.6 Å². The van der Waals surface area contributed by atoms with Gasteiger partial charge in [0.05, 0.1) is 0 Å². The van der Waals surface area contributed by atoms with E-state index in [2.05, 4.69) is 96.3 Å². The Balaban J connectivity index is 1.58. The first-order chi connectivity index (χ1) is 14.1. The largest absolute Gasteiger partial charge is 0.176 e. The molecule has 0 aliphatic carbocycles. The van der Waals surface area contributed by atoms with Crippen LogP contribution in [0, 0.1) is 16.7 Å². The standard InChI is InChI=1S/C29H39B/c1-8-23-11-13-24(14-12-23)10-9-22(2)25-15-17-27(18-16-25)30-20-19-26(21-30)29(6,7)28(3,4)5/h8,11-18,26H,1-2,9-10,19-21H2,3-7H3. The summed E-state index contributed by atoms with van der Waals surface area (Å²) in [6.07, 6.45) is 7.92. The third-order valence-electron chi connectivity index (χ3n) is 8.11. The quantitative estimate of drug-likeness (QED) is 0.418. The number of hydrogen-bond acceptors (Lipinski definition) is 0. The smallest absolute Gasteiger partial charge is 0.0985 e. The Morgan fingerprint density at radius 2 is 1.63 bits per heavy atom. The van der Waals surface area contributed by atoms with Gasteiger partial charge in [-0.2, -0.15) is 0 Å². The maximum Gasteiger partial charge on any atom is 0.176 e. The number of benzene rings is 2. The summed E-state index contributed by atoms with van der Waals surface area (Å²) in [5.74, 6) is 0.810. The molecule has 0 bridgehead atoms.